The van der Waals surface area contributed by atoms with E-state index in [0.717, 1.165) is 51.4 Å². The molecule has 0 heterocycles. The van der Waals surface area contributed by atoms with E-state index in [9.17, 15) is 22.6 Å². The predicted octanol–water partition coefficient (Wildman–Crippen LogP) is 0.352. The van der Waals surface area contributed by atoms with E-state index >= 15 is 0 Å². The van der Waals surface area contributed by atoms with Gasteiger partial charge in [-0.05, 0) is 24.7 Å². The van der Waals surface area contributed by atoms with E-state index in [1.54, 1.807) is 0 Å². The van der Waals surface area contributed by atoms with Crippen molar-refractivity contribution >= 4 is 49.4 Å². The standard InChI is InChI=1S/C20H38O7S.Na.Pb.3H/c1-5-9-11-16(7-3)14-26-19(21)13-18(28(23,24)25)20(22)27-15-17(8-4)12-10-6-2;;;;;/h16-18H,5-15H2,1-4H3,(H,23,24,25);;;;;/q;+1;;;;-1. The second kappa shape index (κ2) is 20.4. The molecule has 10 heteroatoms. The predicted molar refractivity (Wildman–Crippen MR) is 118 cm³/mol. The molecular formula is C20H41NaO7PbS. The van der Waals surface area contributed by atoms with Gasteiger partial charge in [-0.2, -0.15) is 8.42 Å². The van der Waals surface area contributed by atoms with Gasteiger partial charge in [-0.25, -0.2) is 0 Å². The van der Waals surface area contributed by atoms with E-state index in [0.29, 0.717) is 0 Å². The molecule has 0 aromatic carbocycles. The Bertz CT molecular complexity index is 564. The number of ether oxygens (including phenoxy) is 2. The second-order valence-electron chi connectivity index (χ2n) is 7.35. The summed E-state index contributed by atoms with van der Waals surface area (Å²) in [6.45, 7) is 8.35. The van der Waals surface area contributed by atoms with Crippen molar-refractivity contribution in [3.8, 4) is 0 Å². The number of hydrogen-bond acceptors (Lipinski definition) is 6. The first kappa shape index (κ1) is 35.4. The van der Waals surface area contributed by atoms with Gasteiger partial charge in [-0.1, -0.05) is 66.2 Å². The van der Waals surface area contributed by atoms with Crippen LogP contribution >= 0.6 is 0 Å². The molecule has 0 bridgehead atoms. The molecule has 0 saturated heterocycles. The van der Waals surface area contributed by atoms with Gasteiger partial charge in [0, 0.05) is 0 Å². The van der Waals surface area contributed by atoms with Crippen molar-refractivity contribution < 1.29 is 63.0 Å². The third-order valence-corrected chi connectivity index (χ3v) is 6.08. The van der Waals surface area contributed by atoms with E-state index in [1.165, 1.54) is 0 Å². The summed E-state index contributed by atoms with van der Waals surface area (Å²) in [5.74, 6) is -1.61. The number of hydrogen-bond donors (Lipinski definition) is 1. The number of carbonyl (C=O) groups excluding carboxylic acids is 2. The first-order chi connectivity index (χ1) is 13.2. The van der Waals surface area contributed by atoms with E-state index < -0.39 is 33.7 Å². The normalized spacial score (nSPS) is 13.9. The summed E-state index contributed by atoms with van der Waals surface area (Å²) in [4.78, 5) is 24.2. The summed E-state index contributed by atoms with van der Waals surface area (Å²) in [7, 11) is -4.76. The fourth-order valence-corrected chi connectivity index (χ4v) is 3.48. The van der Waals surface area contributed by atoms with Crippen molar-refractivity contribution in [2.75, 3.05) is 13.2 Å². The first-order valence-corrected chi connectivity index (χ1v) is 12.0. The van der Waals surface area contributed by atoms with Gasteiger partial charge in [0.25, 0.3) is 10.1 Å². The van der Waals surface area contributed by atoms with Crippen molar-refractivity contribution in [1.82, 2.24) is 0 Å². The average Bonchev–Trinajstić information content (AvgIpc) is 2.65. The summed E-state index contributed by atoms with van der Waals surface area (Å²) < 4.78 is 42.8. The molecule has 0 spiro atoms. The zero-order chi connectivity index (χ0) is 21.6. The second-order valence-corrected chi connectivity index (χ2v) is 8.95. The van der Waals surface area contributed by atoms with Crippen LogP contribution in [-0.4, -0.2) is 70.7 Å². The van der Waals surface area contributed by atoms with Gasteiger partial charge < -0.3 is 10.9 Å². The van der Waals surface area contributed by atoms with Crippen LogP contribution in [0, 0.1) is 11.8 Å². The minimum atomic E-state index is -4.76. The van der Waals surface area contributed by atoms with Crippen LogP contribution < -0.4 is 29.6 Å². The summed E-state index contributed by atoms with van der Waals surface area (Å²) in [5, 5.41) is -1.95. The van der Waals surface area contributed by atoms with Crippen molar-refractivity contribution in [2.24, 2.45) is 11.8 Å². The van der Waals surface area contributed by atoms with Gasteiger partial charge in [0.2, 0.25) is 0 Å². The zero-order valence-electron chi connectivity index (χ0n) is 20.5. The van der Waals surface area contributed by atoms with E-state index in [-0.39, 0.29) is 83.3 Å². The van der Waals surface area contributed by atoms with Crippen molar-refractivity contribution in [3.05, 3.63) is 0 Å². The van der Waals surface area contributed by atoms with Gasteiger partial charge in [-0.15, -0.1) is 0 Å². The molecule has 2 radical (unpaired) electrons. The molecule has 30 heavy (non-hydrogen) atoms. The molecule has 3 unspecified atom stereocenters. The van der Waals surface area contributed by atoms with Crippen LogP contribution in [0.3, 0.4) is 0 Å². The Morgan fingerprint density at radius 1 is 0.900 bits per heavy atom. The molecule has 0 saturated carbocycles. The topological polar surface area (TPSA) is 107 Å². The third-order valence-electron chi connectivity index (χ3n) is 5.00. The zero-order valence-corrected chi connectivity index (χ0v) is 27.8. The van der Waals surface area contributed by atoms with Crippen LogP contribution in [0.5, 0.6) is 0 Å². The first-order valence-electron chi connectivity index (χ1n) is 10.5. The maximum absolute atomic E-state index is 12.2. The van der Waals surface area contributed by atoms with Gasteiger partial charge in [0.1, 0.15) is 0 Å². The number of rotatable bonds is 16. The van der Waals surface area contributed by atoms with E-state index in [4.69, 9.17) is 9.47 Å². The monoisotopic (exact) mass is 656 g/mol. The van der Waals surface area contributed by atoms with Gasteiger partial charge in [0.15, 0.2) is 5.25 Å². The van der Waals surface area contributed by atoms with Crippen LogP contribution in [-0.2, 0) is 29.2 Å². The summed E-state index contributed by atoms with van der Waals surface area (Å²) >= 11 is 0. The molecule has 0 rings (SSSR count). The number of unbranched alkanes of at least 4 members (excludes halogenated alkanes) is 2. The molecule has 0 amide bonds. The van der Waals surface area contributed by atoms with Crippen molar-refractivity contribution in [2.45, 2.75) is 90.7 Å². The molecular weight excluding hydrogens is 614 g/mol. The quantitative estimate of drug-likeness (QED) is 0.145. The number of carbonyl (C=O) groups is 2. The Morgan fingerprint density at radius 3 is 1.70 bits per heavy atom. The van der Waals surface area contributed by atoms with Crippen molar-refractivity contribution in [1.29, 1.82) is 0 Å². The maximum atomic E-state index is 12.2. The molecule has 7 nitrogen and oxygen atoms in total. The Morgan fingerprint density at radius 2 is 1.33 bits per heavy atom. The van der Waals surface area contributed by atoms with Crippen LogP contribution in [0.2, 0.25) is 0 Å². The molecule has 0 aliphatic rings. The van der Waals surface area contributed by atoms with E-state index in [2.05, 4.69) is 13.8 Å². The van der Waals surface area contributed by atoms with E-state index in [1.807, 2.05) is 13.8 Å². The third kappa shape index (κ3) is 16.4. The van der Waals surface area contributed by atoms with Crippen LogP contribution in [0.4, 0.5) is 0 Å². The fourth-order valence-electron chi connectivity index (χ4n) is 2.82. The van der Waals surface area contributed by atoms with Crippen LogP contribution in [0.15, 0.2) is 0 Å². The Hall–Kier alpha value is 0.772. The summed E-state index contributed by atoms with van der Waals surface area (Å²) in [6.07, 6.45) is 6.74. The Kier molecular flexibility index (Phi) is 24.0. The van der Waals surface area contributed by atoms with Crippen LogP contribution in [0.25, 0.3) is 0 Å². The Balaban J connectivity index is -0.00000121. The van der Waals surface area contributed by atoms with Crippen LogP contribution in [0.1, 0.15) is 86.9 Å². The molecule has 174 valence electrons. The minimum absolute atomic E-state index is 0. The molecule has 0 fully saturated rings. The number of esters is 2. The molecule has 3 atom stereocenters. The molecule has 1 N–H and O–H groups in total. The molecule has 0 aromatic rings. The average molecular weight is 656 g/mol. The fraction of sp³-hybridized carbons (Fsp3) is 0.900. The van der Waals surface area contributed by atoms with Gasteiger partial charge in [0.05, 0.1) is 19.6 Å². The molecule has 0 aliphatic heterocycles. The van der Waals surface area contributed by atoms with Gasteiger partial charge >= 0.3 is 68.8 Å². The summed E-state index contributed by atoms with van der Waals surface area (Å²) in [6, 6.07) is 0. The van der Waals surface area contributed by atoms with Gasteiger partial charge in [-0.3, -0.25) is 14.1 Å². The Labute approximate surface area is 226 Å². The molecule has 0 aliphatic carbocycles. The van der Waals surface area contributed by atoms with Crippen molar-refractivity contribution in [3.63, 3.8) is 0 Å². The molecule has 0 aromatic heterocycles. The summed E-state index contributed by atoms with van der Waals surface area (Å²) in [5.41, 5.74) is 0. The SMILES string of the molecule is CCCCC(CC)COC(=O)CC(C(=O)OCC(CC)CCCC)S(=O)(=O)O.[H-].[Na+].[PbH2].